The molecule has 2 aromatic carbocycles. The van der Waals surface area contributed by atoms with Crippen molar-refractivity contribution in [2.24, 2.45) is 0 Å². The molecule has 1 aliphatic heterocycles. The Hall–Kier alpha value is -3.03. The topological polar surface area (TPSA) is 79.4 Å². The number of benzene rings is 2. The molecule has 0 saturated carbocycles. The lowest BCUT2D eigenvalue weighted by Gasteiger charge is -2.28. The lowest BCUT2D eigenvalue weighted by molar-refractivity contribution is 0.102. The van der Waals surface area contributed by atoms with E-state index in [1.807, 2.05) is 55.5 Å². The van der Waals surface area contributed by atoms with Crippen LogP contribution in [0.3, 0.4) is 0 Å². The summed E-state index contributed by atoms with van der Waals surface area (Å²) in [4.78, 5) is 17.2. The van der Waals surface area contributed by atoms with Gasteiger partial charge in [0.2, 0.25) is 10.0 Å². The quantitative estimate of drug-likeness (QED) is 0.665. The molecule has 0 fully saturated rings. The van der Waals surface area contributed by atoms with Crippen LogP contribution in [-0.4, -0.2) is 36.4 Å². The molecule has 0 atom stereocenters. The predicted octanol–water partition coefficient (Wildman–Crippen LogP) is 3.55. The van der Waals surface area contributed by atoms with E-state index < -0.39 is 10.0 Å². The SMILES string of the molecule is Cc1ncc(Cc2cccc3c2CCN(S(C)(=O)=O)C3)cc1C(=O)Nc1ccccc1. The Morgan fingerprint density at radius 2 is 1.90 bits per heavy atom. The zero-order valence-electron chi connectivity index (χ0n) is 17.6. The Kier molecular flexibility index (Phi) is 5.89. The van der Waals surface area contributed by atoms with E-state index in [0.29, 0.717) is 37.2 Å². The van der Waals surface area contributed by atoms with E-state index >= 15 is 0 Å². The van der Waals surface area contributed by atoms with Crippen molar-refractivity contribution < 1.29 is 13.2 Å². The van der Waals surface area contributed by atoms with Crippen molar-refractivity contribution in [1.29, 1.82) is 0 Å². The number of pyridine rings is 1. The molecule has 0 bridgehead atoms. The fraction of sp³-hybridized carbons (Fsp3) is 0.250. The van der Waals surface area contributed by atoms with Gasteiger partial charge in [0.05, 0.1) is 11.8 Å². The van der Waals surface area contributed by atoms with Crippen molar-refractivity contribution in [3.63, 3.8) is 0 Å². The van der Waals surface area contributed by atoms with Gasteiger partial charge < -0.3 is 5.32 Å². The minimum Gasteiger partial charge on any atom is -0.322 e. The Morgan fingerprint density at radius 1 is 1.13 bits per heavy atom. The molecule has 1 aliphatic rings. The molecule has 0 saturated heterocycles. The molecule has 1 aromatic heterocycles. The number of hydrogen-bond donors (Lipinski definition) is 1. The van der Waals surface area contributed by atoms with Gasteiger partial charge in [-0.25, -0.2) is 8.42 Å². The van der Waals surface area contributed by atoms with Gasteiger partial charge in [-0.05, 0) is 60.2 Å². The average Bonchev–Trinajstić information content (AvgIpc) is 2.75. The number of sulfonamides is 1. The van der Waals surface area contributed by atoms with Crippen LogP contribution in [0.25, 0.3) is 0 Å². The molecular weight excluding hydrogens is 410 g/mol. The fourth-order valence-electron chi connectivity index (χ4n) is 3.95. The maximum Gasteiger partial charge on any atom is 0.257 e. The van der Waals surface area contributed by atoms with Crippen LogP contribution in [-0.2, 0) is 29.4 Å². The largest absolute Gasteiger partial charge is 0.322 e. The number of aryl methyl sites for hydroxylation is 1. The number of rotatable bonds is 5. The third-order valence-corrected chi connectivity index (χ3v) is 6.86. The van der Waals surface area contributed by atoms with Crippen molar-refractivity contribution in [1.82, 2.24) is 9.29 Å². The van der Waals surface area contributed by atoms with Crippen molar-refractivity contribution in [3.05, 3.63) is 94.3 Å². The number of carbonyl (C=O) groups excluding carboxylic acids is 1. The Morgan fingerprint density at radius 3 is 2.65 bits per heavy atom. The number of anilines is 1. The van der Waals surface area contributed by atoms with Gasteiger partial charge in [-0.2, -0.15) is 4.31 Å². The third-order valence-electron chi connectivity index (χ3n) is 5.61. The minimum absolute atomic E-state index is 0.183. The molecule has 4 rings (SSSR count). The number of nitrogens with zero attached hydrogens (tertiary/aromatic N) is 2. The number of para-hydroxylation sites is 1. The van der Waals surface area contributed by atoms with Crippen molar-refractivity contribution in [3.8, 4) is 0 Å². The van der Waals surface area contributed by atoms with Gasteiger partial charge >= 0.3 is 0 Å². The first-order valence-corrected chi connectivity index (χ1v) is 12.0. The molecule has 3 aromatic rings. The van der Waals surface area contributed by atoms with E-state index in [9.17, 15) is 13.2 Å². The van der Waals surface area contributed by atoms with E-state index in [-0.39, 0.29) is 5.91 Å². The van der Waals surface area contributed by atoms with E-state index in [0.717, 1.165) is 22.4 Å². The highest BCUT2D eigenvalue weighted by atomic mass is 32.2. The molecule has 0 radical (unpaired) electrons. The standard InChI is InChI=1S/C24H25N3O3S/c1-17-23(24(28)26-21-9-4-3-5-10-21)14-18(15-25-17)13-19-7-6-8-20-16-27(31(2,29)30)12-11-22(19)20/h3-10,14-15H,11-13,16H2,1-2H3,(H,26,28). The Labute approximate surface area is 183 Å². The van der Waals surface area contributed by atoms with Crippen LogP contribution in [0.2, 0.25) is 0 Å². The summed E-state index contributed by atoms with van der Waals surface area (Å²) in [6.45, 7) is 2.71. The van der Waals surface area contributed by atoms with E-state index in [2.05, 4.69) is 16.4 Å². The van der Waals surface area contributed by atoms with Gasteiger partial charge in [0, 0.05) is 30.7 Å². The molecule has 160 valence electrons. The van der Waals surface area contributed by atoms with E-state index in [1.165, 1.54) is 16.1 Å². The van der Waals surface area contributed by atoms with Crippen LogP contribution in [0.15, 0.2) is 60.8 Å². The van der Waals surface area contributed by atoms with Gasteiger partial charge in [0.1, 0.15) is 0 Å². The van der Waals surface area contributed by atoms with Crippen LogP contribution < -0.4 is 5.32 Å². The van der Waals surface area contributed by atoms with Crippen molar-refractivity contribution in [2.75, 3.05) is 18.1 Å². The van der Waals surface area contributed by atoms with E-state index in [4.69, 9.17) is 0 Å². The molecule has 6 nitrogen and oxygen atoms in total. The maximum atomic E-state index is 12.8. The number of nitrogens with one attached hydrogen (secondary N) is 1. The molecule has 2 heterocycles. The highest BCUT2D eigenvalue weighted by Gasteiger charge is 2.24. The van der Waals surface area contributed by atoms with Crippen molar-refractivity contribution >= 4 is 21.6 Å². The van der Waals surface area contributed by atoms with Crippen LogP contribution in [0, 0.1) is 6.92 Å². The zero-order valence-corrected chi connectivity index (χ0v) is 18.4. The predicted molar refractivity (Wildman–Crippen MR) is 122 cm³/mol. The van der Waals surface area contributed by atoms with Gasteiger partial charge in [0.15, 0.2) is 0 Å². The van der Waals surface area contributed by atoms with Crippen LogP contribution >= 0.6 is 0 Å². The summed E-state index contributed by atoms with van der Waals surface area (Å²) >= 11 is 0. The van der Waals surface area contributed by atoms with Gasteiger partial charge in [0.25, 0.3) is 5.91 Å². The summed E-state index contributed by atoms with van der Waals surface area (Å²) in [5.41, 5.74) is 6.29. The second kappa shape index (κ2) is 8.61. The van der Waals surface area contributed by atoms with Crippen molar-refractivity contribution in [2.45, 2.75) is 26.3 Å². The molecule has 7 heteroatoms. The zero-order chi connectivity index (χ0) is 22.0. The summed E-state index contributed by atoms with van der Waals surface area (Å²) in [5, 5.41) is 2.92. The molecular formula is C24H25N3O3S. The summed E-state index contributed by atoms with van der Waals surface area (Å²) < 4.78 is 25.3. The smallest absolute Gasteiger partial charge is 0.257 e. The fourth-order valence-corrected chi connectivity index (χ4v) is 4.75. The summed E-state index contributed by atoms with van der Waals surface area (Å²) in [7, 11) is -3.21. The van der Waals surface area contributed by atoms with E-state index in [1.54, 1.807) is 6.20 Å². The first kappa shape index (κ1) is 21.2. The van der Waals surface area contributed by atoms with Crippen LogP contribution in [0.5, 0.6) is 0 Å². The maximum absolute atomic E-state index is 12.8. The highest BCUT2D eigenvalue weighted by molar-refractivity contribution is 7.88. The number of hydrogen-bond acceptors (Lipinski definition) is 4. The summed E-state index contributed by atoms with van der Waals surface area (Å²) in [6.07, 6.45) is 4.38. The third kappa shape index (κ3) is 4.84. The second-order valence-electron chi connectivity index (χ2n) is 7.87. The number of carbonyl (C=O) groups is 1. The molecule has 0 aliphatic carbocycles. The minimum atomic E-state index is -3.21. The van der Waals surface area contributed by atoms with Gasteiger partial charge in [-0.15, -0.1) is 0 Å². The molecule has 1 amide bonds. The normalized spacial score (nSPS) is 14.1. The monoisotopic (exact) mass is 435 g/mol. The van der Waals surface area contributed by atoms with Crippen LogP contribution in [0.1, 0.15) is 38.3 Å². The number of fused-ring (bicyclic) bond motifs is 1. The summed E-state index contributed by atoms with van der Waals surface area (Å²) in [5.74, 6) is -0.183. The highest BCUT2D eigenvalue weighted by Crippen LogP contribution is 2.26. The summed E-state index contributed by atoms with van der Waals surface area (Å²) in [6, 6.07) is 17.3. The molecule has 31 heavy (non-hydrogen) atoms. The Balaban J connectivity index is 1.57. The van der Waals surface area contributed by atoms with Gasteiger partial charge in [-0.1, -0.05) is 36.4 Å². The first-order valence-electron chi connectivity index (χ1n) is 10.2. The second-order valence-corrected chi connectivity index (χ2v) is 9.86. The number of amides is 1. The Bertz CT molecular complexity index is 1220. The van der Waals surface area contributed by atoms with Crippen LogP contribution in [0.4, 0.5) is 5.69 Å². The molecule has 1 N–H and O–H groups in total. The number of aromatic nitrogens is 1. The lowest BCUT2D eigenvalue weighted by atomic mass is 9.92. The molecule has 0 spiro atoms. The molecule has 0 unspecified atom stereocenters. The lowest BCUT2D eigenvalue weighted by Crippen LogP contribution is -2.35. The average molecular weight is 436 g/mol. The first-order chi connectivity index (χ1) is 14.8. The van der Waals surface area contributed by atoms with Gasteiger partial charge in [-0.3, -0.25) is 9.78 Å².